The molecule has 8 heteroatoms. The highest BCUT2D eigenvalue weighted by Gasteiger charge is 2.37. The van der Waals surface area contributed by atoms with Gasteiger partial charge < -0.3 is 23.1 Å². The van der Waals surface area contributed by atoms with Gasteiger partial charge in [-0.3, -0.25) is 4.57 Å². The molecule has 20 heavy (non-hydrogen) atoms. The molecular formula is C12H21O6PSi. The van der Waals surface area contributed by atoms with Crippen LogP contribution in [0.25, 0.3) is 0 Å². The zero-order chi connectivity index (χ0) is 15.2. The Morgan fingerprint density at radius 2 is 1.45 bits per heavy atom. The highest BCUT2D eigenvalue weighted by Crippen LogP contribution is 2.38. The maximum atomic E-state index is 10.9. The van der Waals surface area contributed by atoms with Crippen molar-refractivity contribution in [1.29, 1.82) is 0 Å². The topological polar surface area (TPSA) is 85.2 Å². The molecule has 2 N–H and O–H groups in total. The van der Waals surface area contributed by atoms with E-state index in [0.29, 0.717) is 11.6 Å². The first-order valence-corrected chi connectivity index (χ1v) is 9.85. The van der Waals surface area contributed by atoms with Gasteiger partial charge in [-0.05, 0) is 17.5 Å². The number of rotatable bonds is 8. The van der Waals surface area contributed by atoms with Crippen molar-refractivity contribution < 1.29 is 27.6 Å². The highest BCUT2D eigenvalue weighted by molar-refractivity contribution is 7.50. The lowest BCUT2D eigenvalue weighted by Gasteiger charge is -2.24. The second-order valence-electron chi connectivity index (χ2n) is 4.43. The van der Waals surface area contributed by atoms with Crippen LogP contribution in [0, 0.1) is 0 Å². The maximum Gasteiger partial charge on any atom is 0.500 e. The van der Waals surface area contributed by atoms with E-state index in [1.54, 1.807) is 33.5 Å². The van der Waals surface area contributed by atoms with E-state index in [2.05, 4.69) is 0 Å². The van der Waals surface area contributed by atoms with Crippen LogP contribution in [-0.4, -0.2) is 39.9 Å². The summed E-state index contributed by atoms with van der Waals surface area (Å²) >= 11 is 0. The molecule has 0 aliphatic heterocycles. The molecule has 0 heterocycles. The average Bonchev–Trinajstić information content (AvgIpc) is 2.41. The van der Waals surface area contributed by atoms with Crippen LogP contribution in [0.1, 0.15) is 11.1 Å². The molecule has 0 aromatic heterocycles. The molecule has 0 amide bonds. The second-order valence-corrected chi connectivity index (χ2v) is 9.17. The van der Waals surface area contributed by atoms with E-state index in [4.69, 9.17) is 23.1 Å². The fraction of sp³-hybridized carbons (Fsp3) is 0.500. The molecule has 0 bridgehead atoms. The molecule has 0 unspecified atom stereocenters. The molecule has 0 aliphatic rings. The molecule has 1 rings (SSSR count). The molecule has 1 aromatic carbocycles. The lowest BCUT2D eigenvalue weighted by atomic mass is 10.1. The maximum absolute atomic E-state index is 10.9. The van der Waals surface area contributed by atoms with Gasteiger partial charge in [-0.1, -0.05) is 24.3 Å². The van der Waals surface area contributed by atoms with Crippen molar-refractivity contribution in [3.05, 3.63) is 35.4 Å². The number of benzene rings is 1. The van der Waals surface area contributed by atoms with Crippen molar-refractivity contribution in [1.82, 2.24) is 0 Å². The van der Waals surface area contributed by atoms with E-state index in [0.717, 1.165) is 12.0 Å². The molecule has 0 saturated carbocycles. The van der Waals surface area contributed by atoms with Crippen LogP contribution >= 0.6 is 7.60 Å². The Kier molecular flexibility index (Phi) is 6.54. The van der Waals surface area contributed by atoms with E-state index in [9.17, 15) is 4.57 Å². The zero-order valence-electron chi connectivity index (χ0n) is 11.9. The summed E-state index contributed by atoms with van der Waals surface area (Å²) in [5.74, 6) is 0. The Labute approximate surface area is 120 Å². The first kappa shape index (κ1) is 17.5. The predicted molar refractivity (Wildman–Crippen MR) is 77.5 cm³/mol. The van der Waals surface area contributed by atoms with Crippen LogP contribution in [0.4, 0.5) is 0 Å². The Balaban J connectivity index is 2.64. The van der Waals surface area contributed by atoms with Crippen LogP contribution in [0.5, 0.6) is 0 Å². The van der Waals surface area contributed by atoms with Gasteiger partial charge in [0.2, 0.25) is 0 Å². The minimum atomic E-state index is -4.01. The fourth-order valence-corrected chi connectivity index (χ4v) is 4.30. The van der Waals surface area contributed by atoms with Gasteiger partial charge in [-0.2, -0.15) is 0 Å². The normalized spacial score (nSPS) is 12.7. The lowest BCUT2D eigenvalue weighted by Crippen LogP contribution is -2.43. The van der Waals surface area contributed by atoms with Crippen LogP contribution < -0.4 is 0 Å². The smallest absolute Gasteiger partial charge is 0.377 e. The number of aryl methyl sites for hydroxylation is 1. The van der Waals surface area contributed by atoms with Gasteiger partial charge >= 0.3 is 16.4 Å². The number of hydrogen-bond acceptors (Lipinski definition) is 4. The highest BCUT2D eigenvalue weighted by atomic mass is 31.2. The summed E-state index contributed by atoms with van der Waals surface area (Å²) in [6.45, 7) is 0. The molecule has 1 aromatic rings. The molecule has 0 atom stereocenters. The number of hydrogen-bond donors (Lipinski definition) is 2. The minimum absolute atomic E-state index is 0.236. The summed E-state index contributed by atoms with van der Waals surface area (Å²) in [6.07, 6.45) is 0.484. The predicted octanol–water partition coefficient (Wildman–Crippen LogP) is 1.78. The summed E-state index contributed by atoms with van der Waals surface area (Å²) in [7, 11) is -1.87. The summed E-state index contributed by atoms with van der Waals surface area (Å²) in [6, 6.07) is 7.80. The molecule has 0 spiro atoms. The van der Waals surface area contributed by atoms with Crippen molar-refractivity contribution in [3.8, 4) is 0 Å². The first-order valence-electron chi connectivity index (χ1n) is 6.12. The Hall–Kier alpha value is -0.533. The standard InChI is InChI=1S/C12H21O6PSi/c1-16-20(17-2,18-3)9-8-11-4-6-12(7-5-11)10-19(13,14)15/h4-7H,8-10H2,1-3H3,(H2,13,14,15). The Morgan fingerprint density at radius 1 is 1.00 bits per heavy atom. The van der Waals surface area contributed by atoms with Crippen molar-refractivity contribution in [2.45, 2.75) is 18.6 Å². The summed E-state index contributed by atoms with van der Waals surface area (Å²) in [4.78, 5) is 17.8. The van der Waals surface area contributed by atoms with Gasteiger partial charge in [-0.15, -0.1) is 0 Å². The third kappa shape index (κ3) is 5.45. The lowest BCUT2D eigenvalue weighted by molar-refractivity contribution is 0.123. The molecule has 0 aliphatic carbocycles. The zero-order valence-corrected chi connectivity index (χ0v) is 13.8. The van der Waals surface area contributed by atoms with Gasteiger partial charge in [-0.25, -0.2) is 0 Å². The van der Waals surface area contributed by atoms with Crippen molar-refractivity contribution >= 4 is 16.4 Å². The van der Waals surface area contributed by atoms with Crippen LogP contribution in [-0.2, 0) is 30.4 Å². The quantitative estimate of drug-likeness (QED) is 0.561. The van der Waals surface area contributed by atoms with Gasteiger partial charge in [0.25, 0.3) is 0 Å². The summed E-state index contributed by atoms with van der Waals surface area (Å²) in [5, 5.41) is 0. The molecule has 0 radical (unpaired) electrons. The third-order valence-electron chi connectivity index (χ3n) is 3.06. The van der Waals surface area contributed by atoms with E-state index in [1.165, 1.54) is 0 Å². The molecule has 0 fully saturated rings. The molecule has 6 nitrogen and oxygen atoms in total. The average molecular weight is 320 g/mol. The van der Waals surface area contributed by atoms with Crippen molar-refractivity contribution in [3.63, 3.8) is 0 Å². The first-order chi connectivity index (χ1) is 9.34. The van der Waals surface area contributed by atoms with E-state index < -0.39 is 16.4 Å². The SMILES string of the molecule is CO[Si](CCc1ccc(CP(=O)(O)O)cc1)(OC)OC. The molecule has 114 valence electrons. The van der Waals surface area contributed by atoms with Crippen LogP contribution in [0.2, 0.25) is 6.04 Å². The van der Waals surface area contributed by atoms with Gasteiger partial charge in [0.1, 0.15) is 0 Å². The monoisotopic (exact) mass is 320 g/mol. The van der Waals surface area contributed by atoms with E-state index in [1.807, 2.05) is 12.1 Å². The fourth-order valence-electron chi connectivity index (χ4n) is 1.90. The molecular weight excluding hydrogens is 299 g/mol. The van der Waals surface area contributed by atoms with Crippen LogP contribution in [0.15, 0.2) is 24.3 Å². The summed E-state index contributed by atoms with van der Waals surface area (Å²) in [5.41, 5.74) is 1.67. The largest absolute Gasteiger partial charge is 0.500 e. The van der Waals surface area contributed by atoms with Crippen molar-refractivity contribution in [2.24, 2.45) is 0 Å². The third-order valence-corrected chi connectivity index (χ3v) is 6.57. The van der Waals surface area contributed by atoms with E-state index in [-0.39, 0.29) is 6.16 Å². The van der Waals surface area contributed by atoms with Crippen molar-refractivity contribution in [2.75, 3.05) is 21.3 Å². The van der Waals surface area contributed by atoms with Gasteiger partial charge in [0, 0.05) is 27.4 Å². The Morgan fingerprint density at radius 3 is 1.85 bits per heavy atom. The van der Waals surface area contributed by atoms with E-state index >= 15 is 0 Å². The second kappa shape index (κ2) is 7.47. The van der Waals surface area contributed by atoms with Crippen LogP contribution in [0.3, 0.4) is 0 Å². The Bertz CT molecular complexity index is 445. The van der Waals surface area contributed by atoms with Gasteiger partial charge in [0.05, 0.1) is 6.16 Å². The molecule has 0 saturated heterocycles. The summed E-state index contributed by atoms with van der Waals surface area (Å²) < 4.78 is 26.9. The van der Waals surface area contributed by atoms with Gasteiger partial charge in [0.15, 0.2) is 0 Å². The minimum Gasteiger partial charge on any atom is -0.377 e.